The number of nitrogens with zero attached hydrogens (tertiary/aromatic N) is 3. The van der Waals surface area contributed by atoms with Crippen LogP contribution in [-0.4, -0.2) is 40.8 Å². The average Bonchev–Trinajstić information content (AvgIpc) is 3.38. The van der Waals surface area contributed by atoms with E-state index in [0.29, 0.717) is 59.1 Å². The Morgan fingerprint density at radius 3 is 2.74 bits per heavy atom. The van der Waals surface area contributed by atoms with Gasteiger partial charge < -0.3 is 29.4 Å². The van der Waals surface area contributed by atoms with E-state index in [1.165, 1.54) is 0 Å². The van der Waals surface area contributed by atoms with E-state index in [2.05, 4.69) is 20.6 Å². The number of imidazole rings is 1. The number of halogens is 1. The number of urea groups is 1. The van der Waals surface area contributed by atoms with Gasteiger partial charge >= 0.3 is 6.03 Å². The van der Waals surface area contributed by atoms with E-state index in [4.69, 9.17) is 25.8 Å². The molecule has 2 N–H and O–H groups in total. The van der Waals surface area contributed by atoms with Crippen molar-refractivity contribution < 1.29 is 19.0 Å². The second-order valence-electron chi connectivity index (χ2n) is 7.62. The summed E-state index contributed by atoms with van der Waals surface area (Å²) in [5.74, 6) is 2.13. The number of pyridine rings is 1. The highest BCUT2D eigenvalue weighted by atomic mass is 35.5. The maximum absolute atomic E-state index is 12.0. The highest BCUT2D eigenvalue weighted by molar-refractivity contribution is 6.33. The summed E-state index contributed by atoms with van der Waals surface area (Å²) in [5.41, 5.74) is 1.18. The third-order valence-corrected chi connectivity index (χ3v) is 5.38. The van der Waals surface area contributed by atoms with Crippen molar-refractivity contribution in [3.05, 3.63) is 66.2 Å². The molecule has 0 saturated heterocycles. The van der Waals surface area contributed by atoms with E-state index in [1.54, 1.807) is 43.9 Å². The Bertz CT molecular complexity index is 1300. The maximum Gasteiger partial charge on any atom is 0.319 e. The van der Waals surface area contributed by atoms with Crippen molar-refractivity contribution in [1.29, 1.82) is 0 Å². The van der Waals surface area contributed by atoms with E-state index in [9.17, 15) is 4.79 Å². The minimum absolute atomic E-state index is 0.313. The quantitative estimate of drug-likeness (QED) is 0.301. The zero-order valence-corrected chi connectivity index (χ0v) is 20.2. The largest absolute Gasteiger partial charge is 0.497 e. The molecule has 0 bridgehead atoms. The highest BCUT2D eigenvalue weighted by Gasteiger charge is 2.13. The van der Waals surface area contributed by atoms with Gasteiger partial charge in [-0.2, -0.15) is 0 Å². The predicted molar refractivity (Wildman–Crippen MR) is 135 cm³/mol. The molecule has 0 unspecified atom stereocenters. The Morgan fingerprint density at radius 2 is 2.00 bits per heavy atom. The standard InChI is InChI=1S/C25H26ClN5O4/c1-3-8-28-25(32)30-22-7-5-18(14-20(22)26)35-23-15-24(34-12-11-31-10-9-27-16-31)29-21-6-4-17(33-2)13-19(21)23/h4-7,9-10,13-16H,3,8,11-12H2,1-2H3,(H2,28,30,32). The lowest BCUT2D eigenvalue weighted by molar-refractivity contribution is 0.252. The van der Waals surface area contributed by atoms with Crippen LogP contribution in [-0.2, 0) is 6.54 Å². The monoisotopic (exact) mass is 495 g/mol. The molecule has 0 aliphatic carbocycles. The number of benzene rings is 2. The molecule has 0 aliphatic heterocycles. The Hall–Kier alpha value is -3.98. The number of hydrogen-bond acceptors (Lipinski definition) is 6. The number of anilines is 1. The molecule has 9 nitrogen and oxygen atoms in total. The molecule has 0 fully saturated rings. The molecule has 4 rings (SSSR count). The lowest BCUT2D eigenvalue weighted by atomic mass is 10.2. The van der Waals surface area contributed by atoms with Gasteiger partial charge in [0.1, 0.15) is 23.9 Å². The fourth-order valence-corrected chi connectivity index (χ4v) is 3.52. The van der Waals surface area contributed by atoms with Crippen LogP contribution < -0.4 is 24.8 Å². The number of rotatable bonds is 10. The molecular weight excluding hydrogens is 470 g/mol. The van der Waals surface area contributed by atoms with E-state index in [0.717, 1.165) is 11.8 Å². The molecule has 0 aliphatic rings. The summed E-state index contributed by atoms with van der Waals surface area (Å²) in [5, 5.41) is 6.58. The number of fused-ring (bicyclic) bond motifs is 1. The first kappa shape index (κ1) is 24.2. The van der Waals surface area contributed by atoms with Crippen LogP contribution in [0.5, 0.6) is 23.1 Å². The van der Waals surface area contributed by atoms with Crippen molar-refractivity contribution in [1.82, 2.24) is 19.9 Å². The van der Waals surface area contributed by atoms with Crippen LogP contribution in [0.15, 0.2) is 61.2 Å². The first-order valence-corrected chi connectivity index (χ1v) is 11.5. The van der Waals surface area contributed by atoms with Gasteiger partial charge in [0.15, 0.2) is 0 Å². The second-order valence-corrected chi connectivity index (χ2v) is 8.02. The number of methoxy groups -OCH3 is 1. The van der Waals surface area contributed by atoms with Gasteiger partial charge in [0.2, 0.25) is 5.88 Å². The summed E-state index contributed by atoms with van der Waals surface area (Å²) in [7, 11) is 1.60. The van der Waals surface area contributed by atoms with E-state index in [-0.39, 0.29) is 6.03 Å². The van der Waals surface area contributed by atoms with Crippen molar-refractivity contribution in [2.45, 2.75) is 19.9 Å². The average molecular weight is 496 g/mol. The third kappa shape index (κ3) is 6.33. The number of amides is 2. The van der Waals surface area contributed by atoms with Crippen LogP contribution in [0.1, 0.15) is 13.3 Å². The predicted octanol–water partition coefficient (Wildman–Crippen LogP) is 5.50. The number of carbonyl (C=O) groups is 1. The molecule has 2 aromatic heterocycles. The van der Waals surface area contributed by atoms with Gasteiger partial charge in [0, 0.05) is 36.5 Å². The molecule has 182 valence electrons. The summed E-state index contributed by atoms with van der Waals surface area (Å²) < 4.78 is 19.4. The molecule has 0 saturated carbocycles. The molecule has 2 amide bonds. The number of carbonyl (C=O) groups excluding carboxylic acids is 1. The number of hydrogen-bond donors (Lipinski definition) is 2. The van der Waals surface area contributed by atoms with Gasteiger partial charge in [-0.1, -0.05) is 18.5 Å². The minimum Gasteiger partial charge on any atom is -0.497 e. The van der Waals surface area contributed by atoms with Gasteiger partial charge in [0.05, 0.1) is 36.2 Å². The molecule has 0 atom stereocenters. The smallest absolute Gasteiger partial charge is 0.319 e. The fourth-order valence-electron chi connectivity index (χ4n) is 3.30. The Labute approximate surface area is 208 Å². The molecule has 2 heterocycles. The Kier molecular flexibility index (Phi) is 7.89. The number of aromatic nitrogens is 3. The molecule has 2 aromatic carbocycles. The molecule has 35 heavy (non-hydrogen) atoms. The summed E-state index contributed by atoms with van der Waals surface area (Å²) in [6, 6.07) is 12.0. The van der Waals surface area contributed by atoms with Crippen molar-refractivity contribution in [2.24, 2.45) is 0 Å². The minimum atomic E-state index is -0.313. The van der Waals surface area contributed by atoms with Crippen molar-refractivity contribution in [2.75, 3.05) is 25.6 Å². The van der Waals surface area contributed by atoms with E-state index < -0.39 is 0 Å². The Morgan fingerprint density at radius 1 is 1.14 bits per heavy atom. The van der Waals surface area contributed by atoms with Gasteiger partial charge in [-0.15, -0.1) is 0 Å². The molecule has 0 spiro atoms. The summed E-state index contributed by atoms with van der Waals surface area (Å²) in [6.07, 6.45) is 6.16. The van der Waals surface area contributed by atoms with Crippen molar-refractivity contribution in [3.8, 4) is 23.1 Å². The van der Waals surface area contributed by atoms with Gasteiger partial charge in [-0.3, -0.25) is 0 Å². The van der Waals surface area contributed by atoms with Gasteiger partial charge in [-0.05, 0) is 36.8 Å². The van der Waals surface area contributed by atoms with E-state index in [1.807, 2.05) is 35.9 Å². The van der Waals surface area contributed by atoms with E-state index >= 15 is 0 Å². The third-order valence-electron chi connectivity index (χ3n) is 5.07. The van der Waals surface area contributed by atoms with Gasteiger partial charge in [0.25, 0.3) is 0 Å². The van der Waals surface area contributed by atoms with Gasteiger partial charge in [-0.25, -0.2) is 14.8 Å². The molecule has 10 heteroatoms. The van der Waals surface area contributed by atoms with Crippen LogP contribution >= 0.6 is 11.6 Å². The van der Waals surface area contributed by atoms with Crippen LogP contribution in [0.4, 0.5) is 10.5 Å². The summed E-state index contributed by atoms with van der Waals surface area (Å²) >= 11 is 6.40. The summed E-state index contributed by atoms with van der Waals surface area (Å²) in [4.78, 5) is 20.6. The zero-order valence-electron chi connectivity index (χ0n) is 19.5. The number of nitrogens with one attached hydrogen (secondary N) is 2. The maximum atomic E-state index is 12.0. The van der Waals surface area contributed by atoms with Crippen LogP contribution in [0.25, 0.3) is 10.9 Å². The molecular formula is C25H26ClN5O4. The van der Waals surface area contributed by atoms with Crippen LogP contribution in [0.3, 0.4) is 0 Å². The SMILES string of the molecule is CCCNC(=O)Nc1ccc(Oc2cc(OCCn3ccnc3)nc3ccc(OC)cc23)cc1Cl. The van der Waals surface area contributed by atoms with Crippen molar-refractivity contribution >= 4 is 34.2 Å². The van der Waals surface area contributed by atoms with Crippen molar-refractivity contribution in [3.63, 3.8) is 0 Å². The normalized spacial score (nSPS) is 10.7. The molecule has 4 aromatic rings. The number of ether oxygens (including phenoxy) is 3. The van der Waals surface area contributed by atoms with Crippen LogP contribution in [0.2, 0.25) is 5.02 Å². The Balaban J connectivity index is 1.56. The zero-order chi connectivity index (χ0) is 24.6. The second kappa shape index (κ2) is 11.4. The van der Waals surface area contributed by atoms with Crippen LogP contribution in [0, 0.1) is 0 Å². The fraction of sp³-hybridized carbons (Fsp3) is 0.240. The topological polar surface area (TPSA) is 99.5 Å². The molecule has 0 radical (unpaired) electrons. The highest BCUT2D eigenvalue weighted by Crippen LogP contribution is 2.36. The first-order chi connectivity index (χ1) is 17.1. The summed E-state index contributed by atoms with van der Waals surface area (Å²) in [6.45, 7) is 3.61. The lowest BCUT2D eigenvalue weighted by Gasteiger charge is -2.14. The first-order valence-electron chi connectivity index (χ1n) is 11.2. The lowest BCUT2D eigenvalue weighted by Crippen LogP contribution is -2.29.